The van der Waals surface area contributed by atoms with E-state index in [1.807, 2.05) is 14.0 Å². The molecular weight excluding hydrogens is 172 g/mol. The third-order valence-corrected chi connectivity index (χ3v) is 2.64. The van der Waals surface area contributed by atoms with Crippen molar-refractivity contribution in [1.29, 1.82) is 0 Å². The number of aryl methyl sites for hydroxylation is 1. The smallest absolute Gasteiger partial charge is 0.185 e. The van der Waals surface area contributed by atoms with Gasteiger partial charge in [0.05, 0.1) is 12.3 Å². The van der Waals surface area contributed by atoms with E-state index in [0.29, 0.717) is 0 Å². The van der Waals surface area contributed by atoms with Crippen molar-refractivity contribution in [3.8, 4) is 0 Å². The molecule has 0 aliphatic rings. The van der Waals surface area contributed by atoms with Gasteiger partial charge in [0, 0.05) is 26.1 Å². The molecule has 68 valence electrons. The number of thiazole rings is 1. The quantitative estimate of drug-likeness (QED) is 0.713. The Morgan fingerprint density at radius 3 is 2.92 bits per heavy atom. The molecule has 4 heteroatoms. The molecule has 0 fully saturated rings. The maximum Gasteiger partial charge on any atom is 0.185 e. The molecule has 0 unspecified atom stereocenters. The fourth-order valence-corrected chi connectivity index (χ4v) is 1.64. The van der Waals surface area contributed by atoms with Crippen LogP contribution in [0.25, 0.3) is 0 Å². The van der Waals surface area contributed by atoms with Gasteiger partial charge < -0.3 is 9.64 Å². The first kappa shape index (κ1) is 9.48. The van der Waals surface area contributed by atoms with E-state index < -0.39 is 0 Å². The Kier molecular flexibility index (Phi) is 3.49. The lowest BCUT2D eigenvalue weighted by Crippen LogP contribution is -2.21. The molecular formula is C8H14N2OS. The van der Waals surface area contributed by atoms with E-state index in [0.717, 1.165) is 24.0 Å². The maximum absolute atomic E-state index is 4.98. The van der Waals surface area contributed by atoms with E-state index in [-0.39, 0.29) is 0 Å². The standard InChI is InChI=1S/C8H14N2OS/c1-7-6-12-8(9-7)10(2)4-5-11-3/h6H,4-5H2,1-3H3. The van der Waals surface area contributed by atoms with E-state index in [1.165, 1.54) is 0 Å². The van der Waals surface area contributed by atoms with Crippen LogP contribution in [0.5, 0.6) is 0 Å². The van der Waals surface area contributed by atoms with Gasteiger partial charge in [-0.05, 0) is 6.92 Å². The van der Waals surface area contributed by atoms with Gasteiger partial charge in [-0.2, -0.15) is 0 Å². The van der Waals surface area contributed by atoms with Gasteiger partial charge in [-0.3, -0.25) is 0 Å². The predicted octanol–water partition coefficient (Wildman–Crippen LogP) is 1.53. The van der Waals surface area contributed by atoms with Crippen LogP contribution in [0, 0.1) is 6.92 Å². The number of ether oxygens (including phenoxy) is 1. The zero-order valence-corrected chi connectivity index (χ0v) is 8.52. The van der Waals surface area contributed by atoms with Gasteiger partial charge >= 0.3 is 0 Å². The number of likely N-dealkylation sites (N-methyl/N-ethyl adjacent to an activating group) is 1. The molecule has 0 aliphatic carbocycles. The van der Waals surface area contributed by atoms with Crippen LogP contribution in [0.3, 0.4) is 0 Å². The minimum absolute atomic E-state index is 0.745. The second-order valence-corrected chi connectivity index (χ2v) is 3.52. The molecule has 3 nitrogen and oxygen atoms in total. The number of anilines is 1. The van der Waals surface area contributed by atoms with Gasteiger partial charge in [0.25, 0.3) is 0 Å². The van der Waals surface area contributed by atoms with Crippen molar-refractivity contribution in [3.05, 3.63) is 11.1 Å². The summed E-state index contributed by atoms with van der Waals surface area (Å²) in [6.07, 6.45) is 0. The summed E-state index contributed by atoms with van der Waals surface area (Å²) in [6.45, 7) is 3.64. The average Bonchev–Trinajstić information content (AvgIpc) is 2.47. The Balaban J connectivity index is 2.47. The van der Waals surface area contributed by atoms with Gasteiger partial charge in [-0.1, -0.05) is 0 Å². The van der Waals surface area contributed by atoms with Crippen molar-refractivity contribution in [3.63, 3.8) is 0 Å². The molecule has 1 rings (SSSR count). The summed E-state index contributed by atoms with van der Waals surface area (Å²) >= 11 is 1.67. The van der Waals surface area contributed by atoms with Crippen LogP contribution in [0.2, 0.25) is 0 Å². The largest absolute Gasteiger partial charge is 0.383 e. The van der Waals surface area contributed by atoms with Crippen LogP contribution < -0.4 is 4.90 Å². The summed E-state index contributed by atoms with van der Waals surface area (Å²) in [5.41, 5.74) is 1.08. The van der Waals surface area contributed by atoms with E-state index >= 15 is 0 Å². The van der Waals surface area contributed by atoms with Crippen LogP contribution in [-0.4, -0.2) is 32.3 Å². The second-order valence-electron chi connectivity index (χ2n) is 2.69. The second kappa shape index (κ2) is 4.42. The zero-order valence-electron chi connectivity index (χ0n) is 7.70. The summed E-state index contributed by atoms with van der Waals surface area (Å²) in [4.78, 5) is 6.45. The molecule has 1 aromatic heterocycles. The van der Waals surface area contributed by atoms with Crippen LogP contribution in [0.4, 0.5) is 5.13 Å². The minimum Gasteiger partial charge on any atom is -0.383 e. The molecule has 0 N–H and O–H groups in total. The third-order valence-electron chi connectivity index (χ3n) is 1.56. The minimum atomic E-state index is 0.745. The molecule has 0 saturated heterocycles. The fourth-order valence-electron chi connectivity index (χ4n) is 0.841. The van der Waals surface area contributed by atoms with Crippen molar-refractivity contribution in [2.75, 3.05) is 32.2 Å². The molecule has 0 radical (unpaired) electrons. The highest BCUT2D eigenvalue weighted by Crippen LogP contribution is 2.17. The molecule has 0 aromatic carbocycles. The molecule has 0 aliphatic heterocycles. The van der Waals surface area contributed by atoms with Gasteiger partial charge in [0.2, 0.25) is 0 Å². The normalized spacial score (nSPS) is 10.2. The molecule has 0 bridgehead atoms. The van der Waals surface area contributed by atoms with Gasteiger partial charge in [0.1, 0.15) is 0 Å². The Hall–Kier alpha value is -0.610. The van der Waals surface area contributed by atoms with Gasteiger partial charge in [-0.15, -0.1) is 11.3 Å². The summed E-state index contributed by atoms with van der Waals surface area (Å²) in [5, 5.41) is 3.11. The molecule has 12 heavy (non-hydrogen) atoms. The first-order valence-electron chi connectivity index (χ1n) is 3.86. The van der Waals surface area contributed by atoms with Crippen LogP contribution >= 0.6 is 11.3 Å². The van der Waals surface area contributed by atoms with Gasteiger partial charge in [0.15, 0.2) is 5.13 Å². The lowest BCUT2D eigenvalue weighted by Gasteiger charge is -2.14. The van der Waals surface area contributed by atoms with Crippen molar-refractivity contribution in [2.24, 2.45) is 0 Å². The average molecular weight is 186 g/mol. The number of hydrogen-bond donors (Lipinski definition) is 0. The molecule has 1 heterocycles. The Bertz CT molecular complexity index is 237. The SMILES string of the molecule is COCCN(C)c1nc(C)cs1. The zero-order chi connectivity index (χ0) is 8.97. The summed E-state index contributed by atoms with van der Waals surface area (Å²) < 4.78 is 4.98. The molecule has 0 atom stereocenters. The molecule has 1 aromatic rings. The van der Waals surface area contributed by atoms with Crippen LogP contribution in [0.1, 0.15) is 5.69 Å². The highest BCUT2D eigenvalue weighted by atomic mass is 32.1. The molecule has 0 saturated carbocycles. The summed E-state index contributed by atoms with van der Waals surface area (Å²) in [5.74, 6) is 0. The summed E-state index contributed by atoms with van der Waals surface area (Å²) in [6, 6.07) is 0. The van der Waals surface area contributed by atoms with Crippen molar-refractivity contribution in [2.45, 2.75) is 6.92 Å². The van der Waals surface area contributed by atoms with Crippen molar-refractivity contribution < 1.29 is 4.74 Å². The fraction of sp³-hybridized carbons (Fsp3) is 0.625. The first-order chi connectivity index (χ1) is 5.74. The predicted molar refractivity (Wildman–Crippen MR) is 52.0 cm³/mol. The number of rotatable bonds is 4. The lowest BCUT2D eigenvalue weighted by molar-refractivity contribution is 0.206. The maximum atomic E-state index is 4.98. The van der Waals surface area contributed by atoms with E-state index in [2.05, 4.69) is 15.3 Å². The monoisotopic (exact) mass is 186 g/mol. The lowest BCUT2D eigenvalue weighted by atomic mass is 10.6. The topological polar surface area (TPSA) is 25.4 Å². The Morgan fingerprint density at radius 2 is 2.42 bits per heavy atom. The highest BCUT2D eigenvalue weighted by Gasteiger charge is 2.03. The number of nitrogens with zero attached hydrogens (tertiary/aromatic N) is 2. The summed E-state index contributed by atoms with van der Waals surface area (Å²) in [7, 11) is 3.73. The highest BCUT2D eigenvalue weighted by molar-refractivity contribution is 7.13. The Labute approximate surface area is 77.0 Å². The van der Waals surface area contributed by atoms with E-state index in [4.69, 9.17) is 4.74 Å². The number of aromatic nitrogens is 1. The number of hydrogen-bond acceptors (Lipinski definition) is 4. The first-order valence-corrected chi connectivity index (χ1v) is 4.74. The van der Waals surface area contributed by atoms with E-state index in [9.17, 15) is 0 Å². The van der Waals surface area contributed by atoms with Crippen molar-refractivity contribution in [1.82, 2.24) is 4.98 Å². The van der Waals surface area contributed by atoms with Gasteiger partial charge in [-0.25, -0.2) is 4.98 Å². The third kappa shape index (κ3) is 2.46. The Morgan fingerprint density at radius 1 is 1.67 bits per heavy atom. The van der Waals surface area contributed by atoms with E-state index in [1.54, 1.807) is 18.4 Å². The van der Waals surface area contributed by atoms with Crippen LogP contribution in [-0.2, 0) is 4.74 Å². The molecule has 0 spiro atoms. The van der Waals surface area contributed by atoms with Crippen LogP contribution in [0.15, 0.2) is 5.38 Å². The number of methoxy groups -OCH3 is 1. The molecule has 0 amide bonds. The van der Waals surface area contributed by atoms with Crippen molar-refractivity contribution >= 4 is 16.5 Å².